The highest BCUT2D eigenvalue weighted by Crippen LogP contribution is 2.32. The fraction of sp³-hybridized carbons (Fsp3) is 0.167. The SMILES string of the molecule is COc1cc(NC(=O)/C=C/c2ccc3c(c2)OCO3)cc(OC)c1. The molecule has 2 aromatic rings. The number of ether oxygens (including phenoxy) is 4. The highest BCUT2D eigenvalue weighted by molar-refractivity contribution is 6.02. The maximum absolute atomic E-state index is 12.1. The third kappa shape index (κ3) is 3.60. The van der Waals surface area contributed by atoms with Crippen molar-refractivity contribution in [3.05, 3.63) is 48.0 Å². The van der Waals surface area contributed by atoms with Gasteiger partial charge in [-0.05, 0) is 23.8 Å². The lowest BCUT2D eigenvalue weighted by Gasteiger charge is -2.08. The highest BCUT2D eigenvalue weighted by atomic mass is 16.7. The van der Waals surface area contributed by atoms with Crippen LogP contribution in [0.3, 0.4) is 0 Å². The standard InChI is InChI=1S/C18H17NO5/c1-21-14-8-13(9-15(10-14)22-2)19-18(20)6-4-12-3-5-16-17(7-12)24-11-23-16/h3-10H,11H2,1-2H3,(H,19,20)/b6-4+. The van der Waals surface area contributed by atoms with E-state index in [2.05, 4.69) is 5.32 Å². The molecule has 1 aliphatic heterocycles. The molecule has 1 aliphatic rings. The Morgan fingerprint density at radius 3 is 2.46 bits per heavy atom. The third-order valence-electron chi connectivity index (χ3n) is 3.44. The summed E-state index contributed by atoms with van der Waals surface area (Å²) in [4.78, 5) is 12.1. The fourth-order valence-corrected chi connectivity index (χ4v) is 2.25. The number of hydrogen-bond acceptors (Lipinski definition) is 5. The number of rotatable bonds is 5. The quantitative estimate of drug-likeness (QED) is 0.855. The zero-order chi connectivity index (χ0) is 16.9. The van der Waals surface area contributed by atoms with E-state index in [1.807, 2.05) is 18.2 Å². The molecule has 0 atom stereocenters. The van der Waals surface area contributed by atoms with Crippen LogP contribution >= 0.6 is 0 Å². The average Bonchev–Trinajstić information content (AvgIpc) is 3.07. The van der Waals surface area contributed by atoms with E-state index in [1.165, 1.54) is 6.08 Å². The normalized spacial score (nSPS) is 12.2. The Hall–Kier alpha value is -3.15. The highest BCUT2D eigenvalue weighted by Gasteiger charge is 2.12. The second-order valence-corrected chi connectivity index (χ2v) is 5.04. The minimum atomic E-state index is -0.261. The van der Waals surface area contributed by atoms with E-state index >= 15 is 0 Å². The Morgan fingerprint density at radius 1 is 1.04 bits per heavy atom. The number of carbonyl (C=O) groups excluding carboxylic acids is 1. The van der Waals surface area contributed by atoms with E-state index in [4.69, 9.17) is 18.9 Å². The summed E-state index contributed by atoms with van der Waals surface area (Å²) < 4.78 is 20.9. The molecule has 0 radical (unpaired) electrons. The van der Waals surface area contributed by atoms with E-state index in [0.29, 0.717) is 28.7 Å². The summed E-state index contributed by atoms with van der Waals surface area (Å²) in [5, 5.41) is 2.77. The van der Waals surface area contributed by atoms with E-state index in [0.717, 1.165) is 5.56 Å². The lowest BCUT2D eigenvalue weighted by atomic mass is 10.2. The molecule has 24 heavy (non-hydrogen) atoms. The molecule has 0 unspecified atom stereocenters. The van der Waals surface area contributed by atoms with Crippen LogP contribution < -0.4 is 24.3 Å². The monoisotopic (exact) mass is 327 g/mol. The summed E-state index contributed by atoms with van der Waals surface area (Å²) in [6.07, 6.45) is 3.15. The minimum absolute atomic E-state index is 0.223. The van der Waals surface area contributed by atoms with E-state index in [-0.39, 0.29) is 12.7 Å². The molecule has 3 rings (SSSR count). The smallest absolute Gasteiger partial charge is 0.248 e. The van der Waals surface area contributed by atoms with Gasteiger partial charge < -0.3 is 24.3 Å². The van der Waals surface area contributed by atoms with Gasteiger partial charge in [0.25, 0.3) is 0 Å². The van der Waals surface area contributed by atoms with Crippen LogP contribution in [-0.4, -0.2) is 26.9 Å². The molecule has 1 heterocycles. The molecule has 2 aromatic carbocycles. The van der Waals surface area contributed by atoms with E-state index < -0.39 is 0 Å². The number of hydrogen-bond donors (Lipinski definition) is 1. The molecule has 0 spiro atoms. The fourth-order valence-electron chi connectivity index (χ4n) is 2.25. The molecule has 6 nitrogen and oxygen atoms in total. The summed E-state index contributed by atoms with van der Waals surface area (Å²) >= 11 is 0. The van der Waals surface area contributed by atoms with Crippen molar-refractivity contribution in [1.82, 2.24) is 0 Å². The Balaban J connectivity index is 1.69. The summed E-state index contributed by atoms with van der Waals surface area (Å²) in [5.74, 6) is 2.33. The van der Waals surface area contributed by atoms with Crippen molar-refractivity contribution in [3.8, 4) is 23.0 Å². The topological polar surface area (TPSA) is 66.0 Å². The van der Waals surface area contributed by atoms with Crippen molar-refractivity contribution in [2.24, 2.45) is 0 Å². The van der Waals surface area contributed by atoms with Gasteiger partial charge in [0.05, 0.1) is 14.2 Å². The second-order valence-electron chi connectivity index (χ2n) is 5.04. The third-order valence-corrected chi connectivity index (χ3v) is 3.44. The lowest BCUT2D eigenvalue weighted by molar-refractivity contribution is -0.111. The van der Waals surface area contributed by atoms with Crippen molar-refractivity contribution >= 4 is 17.7 Å². The van der Waals surface area contributed by atoms with Crippen LogP contribution in [0.5, 0.6) is 23.0 Å². The van der Waals surface area contributed by atoms with Gasteiger partial charge in [-0.2, -0.15) is 0 Å². The summed E-state index contributed by atoms with van der Waals surface area (Å²) in [6.45, 7) is 0.223. The van der Waals surface area contributed by atoms with Gasteiger partial charge in [0.2, 0.25) is 12.7 Å². The predicted octanol–water partition coefficient (Wildman–Crippen LogP) is 3.08. The summed E-state index contributed by atoms with van der Waals surface area (Å²) in [5.41, 5.74) is 1.43. The Labute approximate surface area is 139 Å². The van der Waals surface area contributed by atoms with E-state index in [1.54, 1.807) is 38.5 Å². The zero-order valence-corrected chi connectivity index (χ0v) is 13.4. The van der Waals surface area contributed by atoms with Crippen LogP contribution in [0.2, 0.25) is 0 Å². The maximum Gasteiger partial charge on any atom is 0.248 e. The minimum Gasteiger partial charge on any atom is -0.497 e. The first kappa shape index (κ1) is 15.7. The Bertz CT molecular complexity index is 763. The first-order chi connectivity index (χ1) is 11.7. The van der Waals surface area contributed by atoms with Crippen molar-refractivity contribution in [3.63, 3.8) is 0 Å². The number of methoxy groups -OCH3 is 2. The zero-order valence-electron chi connectivity index (χ0n) is 13.4. The van der Waals surface area contributed by atoms with Crippen molar-refractivity contribution < 1.29 is 23.7 Å². The number of amides is 1. The van der Waals surface area contributed by atoms with Gasteiger partial charge in [-0.3, -0.25) is 4.79 Å². The summed E-state index contributed by atoms with van der Waals surface area (Å²) in [6, 6.07) is 10.7. The number of nitrogens with one attached hydrogen (secondary N) is 1. The number of fused-ring (bicyclic) bond motifs is 1. The second kappa shape index (κ2) is 6.95. The van der Waals surface area contributed by atoms with Crippen molar-refractivity contribution in [2.45, 2.75) is 0 Å². The molecule has 0 saturated heterocycles. The molecule has 1 N–H and O–H groups in total. The van der Waals surface area contributed by atoms with Crippen LogP contribution in [0.1, 0.15) is 5.56 Å². The average molecular weight is 327 g/mol. The molecule has 6 heteroatoms. The number of anilines is 1. The molecule has 0 aliphatic carbocycles. The van der Waals surface area contributed by atoms with Crippen LogP contribution in [-0.2, 0) is 4.79 Å². The molecule has 0 saturated carbocycles. The Morgan fingerprint density at radius 2 is 1.75 bits per heavy atom. The van der Waals surface area contributed by atoms with Crippen molar-refractivity contribution in [2.75, 3.05) is 26.3 Å². The van der Waals surface area contributed by atoms with Gasteiger partial charge in [-0.1, -0.05) is 6.07 Å². The van der Waals surface area contributed by atoms with Crippen LogP contribution in [0.25, 0.3) is 6.08 Å². The first-order valence-corrected chi connectivity index (χ1v) is 7.30. The summed E-state index contributed by atoms with van der Waals surface area (Å²) in [7, 11) is 3.11. The van der Waals surface area contributed by atoms with Gasteiger partial charge in [0.1, 0.15) is 11.5 Å². The van der Waals surface area contributed by atoms with Gasteiger partial charge in [-0.15, -0.1) is 0 Å². The van der Waals surface area contributed by atoms with Gasteiger partial charge in [-0.25, -0.2) is 0 Å². The number of carbonyl (C=O) groups is 1. The van der Waals surface area contributed by atoms with E-state index in [9.17, 15) is 4.79 Å². The molecule has 0 fully saturated rings. The largest absolute Gasteiger partial charge is 0.497 e. The molecule has 0 aromatic heterocycles. The maximum atomic E-state index is 12.1. The number of benzene rings is 2. The van der Waals surface area contributed by atoms with Gasteiger partial charge in [0, 0.05) is 30.0 Å². The van der Waals surface area contributed by atoms with Crippen LogP contribution in [0.4, 0.5) is 5.69 Å². The van der Waals surface area contributed by atoms with Crippen LogP contribution in [0, 0.1) is 0 Å². The first-order valence-electron chi connectivity index (χ1n) is 7.30. The molecule has 0 bridgehead atoms. The molecule has 124 valence electrons. The predicted molar refractivity (Wildman–Crippen MR) is 89.8 cm³/mol. The van der Waals surface area contributed by atoms with Crippen LogP contribution in [0.15, 0.2) is 42.5 Å². The van der Waals surface area contributed by atoms with Gasteiger partial charge in [0.15, 0.2) is 11.5 Å². The lowest BCUT2D eigenvalue weighted by Crippen LogP contribution is -2.08. The molecular formula is C18H17NO5. The van der Waals surface area contributed by atoms with Crippen molar-refractivity contribution in [1.29, 1.82) is 0 Å². The molecular weight excluding hydrogens is 310 g/mol. The Kier molecular flexibility index (Phi) is 4.56. The molecule has 1 amide bonds. The van der Waals surface area contributed by atoms with Gasteiger partial charge >= 0.3 is 0 Å².